The van der Waals surface area contributed by atoms with Gasteiger partial charge in [-0.15, -0.1) is 6.58 Å². The van der Waals surface area contributed by atoms with Gasteiger partial charge in [0.25, 0.3) is 11.8 Å². The molecule has 0 spiro atoms. The van der Waals surface area contributed by atoms with Crippen molar-refractivity contribution in [1.82, 2.24) is 4.90 Å². The second kappa shape index (κ2) is 6.64. The number of carbonyl (C=O) groups excluding carboxylic acids is 2. The third-order valence-electron chi connectivity index (χ3n) is 4.90. The number of rotatable bonds is 4. The molecule has 0 fully saturated rings. The lowest BCUT2D eigenvalue weighted by Crippen LogP contribution is -2.37. The summed E-state index contributed by atoms with van der Waals surface area (Å²) in [5.41, 5.74) is 3.96. The van der Waals surface area contributed by atoms with Crippen LogP contribution in [0.3, 0.4) is 0 Å². The molecule has 0 radical (unpaired) electrons. The number of aryl methyl sites for hydroxylation is 1. The van der Waals surface area contributed by atoms with Crippen LogP contribution in [0.2, 0.25) is 0 Å². The third-order valence-corrected chi connectivity index (χ3v) is 4.90. The Hall–Kier alpha value is -3.14. The van der Waals surface area contributed by atoms with Gasteiger partial charge in [0.15, 0.2) is 0 Å². The van der Waals surface area contributed by atoms with E-state index in [1.807, 2.05) is 53.4 Å². The fraction of sp³-hybridized carbons (Fsp3) is 0.182. The number of imide groups is 1. The van der Waals surface area contributed by atoms with Crippen molar-refractivity contribution in [2.75, 3.05) is 18.0 Å². The van der Waals surface area contributed by atoms with Crippen molar-refractivity contribution in [3.63, 3.8) is 0 Å². The molecular weight excluding hydrogens is 324 g/mol. The summed E-state index contributed by atoms with van der Waals surface area (Å²) in [5.74, 6) is -0.496. The molecule has 2 heterocycles. The largest absolute Gasteiger partial charge is 0.336 e. The van der Waals surface area contributed by atoms with Crippen molar-refractivity contribution in [1.29, 1.82) is 0 Å². The lowest BCUT2D eigenvalue weighted by molar-refractivity contribution is -0.136. The summed E-state index contributed by atoms with van der Waals surface area (Å²) in [6.07, 6.45) is 3.52. The SMILES string of the molecule is C=CCN1C(=O)C(c2ccccc2)=C(N2CCCc3ccccc32)C1=O. The average molecular weight is 344 g/mol. The Bertz CT molecular complexity index is 915. The van der Waals surface area contributed by atoms with Gasteiger partial charge in [0, 0.05) is 18.8 Å². The van der Waals surface area contributed by atoms with E-state index >= 15 is 0 Å². The highest BCUT2D eigenvalue weighted by Crippen LogP contribution is 2.37. The van der Waals surface area contributed by atoms with Crippen LogP contribution in [-0.2, 0) is 16.0 Å². The summed E-state index contributed by atoms with van der Waals surface area (Å²) in [7, 11) is 0. The number of nitrogens with zero attached hydrogens (tertiary/aromatic N) is 2. The summed E-state index contributed by atoms with van der Waals surface area (Å²) in [4.78, 5) is 29.5. The second-order valence-corrected chi connectivity index (χ2v) is 6.48. The van der Waals surface area contributed by atoms with Crippen molar-refractivity contribution < 1.29 is 9.59 Å². The number of hydrogen-bond donors (Lipinski definition) is 0. The lowest BCUT2D eigenvalue weighted by atomic mass is 9.98. The van der Waals surface area contributed by atoms with Gasteiger partial charge in [-0.25, -0.2) is 0 Å². The van der Waals surface area contributed by atoms with Gasteiger partial charge in [0.1, 0.15) is 5.70 Å². The number of fused-ring (bicyclic) bond motifs is 1. The fourth-order valence-electron chi connectivity index (χ4n) is 3.74. The Labute approximate surface area is 153 Å². The van der Waals surface area contributed by atoms with Crippen LogP contribution >= 0.6 is 0 Å². The molecule has 130 valence electrons. The third kappa shape index (κ3) is 2.54. The van der Waals surface area contributed by atoms with E-state index in [1.165, 1.54) is 10.5 Å². The van der Waals surface area contributed by atoms with Gasteiger partial charge in [-0.2, -0.15) is 0 Å². The fourth-order valence-corrected chi connectivity index (χ4v) is 3.74. The first-order chi connectivity index (χ1) is 12.7. The first-order valence-corrected chi connectivity index (χ1v) is 8.84. The van der Waals surface area contributed by atoms with E-state index in [4.69, 9.17) is 0 Å². The van der Waals surface area contributed by atoms with Crippen molar-refractivity contribution in [2.24, 2.45) is 0 Å². The topological polar surface area (TPSA) is 40.6 Å². The molecule has 0 saturated carbocycles. The van der Waals surface area contributed by atoms with E-state index in [9.17, 15) is 9.59 Å². The van der Waals surface area contributed by atoms with E-state index < -0.39 is 0 Å². The van der Waals surface area contributed by atoms with Crippen LogP contribution in [0.5, 0.6) is 0 Å². The molecule has 4 nitrogen and oxygen atoms in total. The molecule has 0 aliphatic carbocycles. The standard InChI is InChI=1S/C22H20N2O2/c1-2-14-24-21(25)19(17-10-4-3-5-11-17)20(22(24)26)23-15-8-12-16-9-6-7-13-18(16)23/h2-7,9-11,13H,1,8,12,14-15H2. The van der Waals surface area contributed by atoms with E-state index in [2.05, 4.69) is 12.6 Å². The van der Waals surface area contributed by atoms with Gasteiger partial charge >= 0.3 is 0 Å². The van der Waals surface area contributed by atoms with Gasteiger partial charge in [-0.05, 0) is 30.0 Å². The predicted molar refractivity (Wildman–Crippen MR) is 102 cm³/mol. The Morgan fingerprint density at radius 3 is 2.46 bits per heavy atom. The van der Waals surface area contributed by atoms with E-state index in [1.54, 1.807) is 6.08 Å². The number of benzene rings is 2. The van der Waals surface area contributed by atoms with Crippen LogP contribution in [0.25, 0.3) is 5.57 Å². The highest BCUT2D eigenvalue weighted by molar-refractivity contribution is 6.36. The van der Waals surface area contributed by atoms with Gasteiger partial charge in [-0.1, -0.05) is 54.6 Å². The zero-order valence-electron chi connectivity index (χ0n) is 14.5. The Kier molecular flexibility index (Phi) is 4.17. The van der Waals surface area contributed by atoms with Crippen LogP contribution in [0.4, 0.5) is 5.69 Å². The Morgan fingerprint density at radius 1 is 0.962 bits per heavy atom. The summed E-state index contributed by atoms with van der Waals surface area (Å²) >= 11 is 0. The Balaban J connectivity index is 1.90. The molecule has 0 aromatic heterocycles. The molecule has 0 bridgehead atoms. The summed E-state index contributed by atoms with van der Waals surface area (Å²) in [5, 5.41) is 0. The van der Waals surface area contributed by atoms with Crippen LogP contribution < -0.4 is 4.90 Å². The number of amides is 2. The number of anilines is 1. The maximum absolute atomic E-state index is 13.2. The number of para-hydroxylation sites is 1. The first kappa shape index (κ1) is 16.3. The number of hydrogen-bond acceptors (Lipinski definition) is 3. The molecule has 2 aliphatic rings. The summed E-state index contributed by atoms with van der Waals surface area (Å²) in [6, 6.07) is 17.6. The molecule has 0 atom stereocenters. The van der Waals surface area contributed by atoms with Crippen molar-refractivity contribution in [3.05, 3.63) is 84.1 Å². The maximum Gasteiger partial charge on any atom is 0.278 e. The molecule has 2 aromatic carbocycles. The molecule has 0 N–H and O–H groups in total. The molecule has 4 heteroatoms. The zero-order valence-corrected chi connectivity index (χ0v) is 14.5. The monoisotopic (exact) mass is 344 g/mol. The normalized spacial score (nSPS) is 16.9. The molecule has 2 aromatic rings. The van der Waals surface area contributed by atoms with E-state index in [0.29, 0.717) is 11.3 Å². The summed E-state index contributed by atoms with van der Waals surface area (Å²) < 4.78 is 0. The van der Waals surface area contributed by atoms with E-state index in [-0.39, 0.29) is 18.4 Å². The van der Waals surface area contributed by atoms with Crippen LogP contribution in [0, 0.1) is 0 Å². The van der Waals surface area contributed by atoms with Crippen molar-refractivity contribution in [2.45, 2.75) is 12.8 Å². The molecule has 0 unspecified atom stereocenters. The molecule has 0 saturated heterocycles. The highest BCUT2D eigenvalue weighted by Gasteiger charge is 2.42. The average Bonchev–Trinajstić information content (AvgIpc) is 2.93. The van der Waals surface area contributed by atoms with E-state index in [0.717, 1.165) is 30.6 Å². The quantitative estimate of drug-likeness (QED) is 0.630. The van der Waals surface area contributed by atoms with Gasteiger partial charge in [-0.3, -0.25) is 14.5 Å². The second-order valence-electron chi connectivity index (χ2n) is 6.48. The minimum absolute atomic E-state index is 0.215. The first-order valence-electron chi connectivity index (χ1n) is 8.84. The molecular formula is C22H20N2O2. The van der Waals surface area contributed by atoms with Crippen molar-refractivity contribution >= 4 is 23.1 Å². The molecule has 2 amide bonds. The highest BCUT2D eigenvalue weighted by atomic mass is 16.2. The van der Waals surface area contributed by atoms with Crippen LogP contribution in [0.1, 0.15) is 17.5 Å². The van der Waals surface area contributed by atoms with Gasteiger partial charge < -0.3 is 4.90 Å². The van der Waals surface area contributed by atoms with Gasteiger partial charge in [0.2, 0.25) is 0 Å². The molecule has 26 heavy (non-hydrogen) atoms. The minimum atomic E-state index is -0.251. The zero-order chi connectivity index (χ0) is 18.1. The van der Waals surface area contributed by atoms with Crippen LogP contribution in [-0.4, -0.2) is 29.8 Å². The smallest absolute Gasteiger partial charge is 0.278 e. The Morgan fingerprint density at radius 2 is 1.69 bits per heavy atom. The summed E-state index contributed by atoms with van der Waals surface area (Å²) in [6.45, 7) is 4.63. The molecule has 4 rings (SSSR count). The molecule has 2 aliphatic heterocycles. The lowest BCUT2D eigenvalue weighted by Gasteiger charge is -2.32. The predicted octanol–water partition coefficient (Wildman–Crippen LogP) is 3.41. The minimum Gasteiger partial charge on any atom is -0.336 e. The van der Waals surface area contributed by atoms with Crippen LogP contribution in [0.15, 0.2) is 72.9 Å². The van der Waals surface area contributed by atoms with Gasteiger partial charge in [0.05, 0.1) is 5.57 Å². The maximum atomic E-state index is 13.2. The number of carbonyl (C=O) groups is 2. The van der Waals surface area contributed by atoms with Crippen molar-refractivity contribution in [3.8, 4) is 0 Å².